The molecule has 0 aliphatic heterocycles. The van der Waals surface area contributed by atoms with Crippen LogP contribution in [-0.4, -0.2) is 27.6 Å². The summed E-state index contributed by atoms with van der Waals surface area (Å²) in [6.45, 7) is 0.138. The molecule has 0 saturated heterocycles. The van der Waals surface area contributed by atoms with Gasteiger partial charge in [0.1, 0.15) is 5.75 Å². The molecule has 0 fully saturated rings. The van der Waals surface area contributed by atoms with Crippen molar-refractivity contribution in [3.63, 3.8) is 0 Å². The summed E-state index contributed by atoms with van der Waals surface area (Å²) in [6, 6.07) is 25.1. The number of carbonyl (C=O) groups excluding carboxylic acids is 2. The van der Waals surface area contributed by atoms with Crippen molar-refractivity contribution >= 4 is 29.1 Å². The molecule has 0 bridgehead atoms. The van der Waals surface area contributed by atoms with Gasteiger partial charge in [-0.25, -0.2) is 0 Å². The monoisotopic (exact) mass is 445 g/mol. The molecule has 32 heavy (non-hydrogen) atoms. The van der Waals surface area contributed by atoms with Gasteiger partial charge in [0.25, 0.3) is 11.1 Å². The smallest absolute Gasteiger partial charge is 0.277 e. The summed E-state index contributed by atoms with van der Waals surface area (Å²) in [5, 5.41) is 10.9. The van der Waals surface area contributed by atoms with Crippen molar-refractivity contribution in [1.82, 2.24) is 10.2 Å². The third-order valence-electron chi connectivity index (χ3n) is 4.36. The first-order chi connectivity index (χ1) is 15.7. The Morgan fingerprint density at radius 2 is 1.56 bits per heavy atom. The Kier molecular flexibility index (Phi) is 6.94. The number of carbonyl (C=O) groups is 2. The number of hydrogen-bond donors (Lipinski definition) is 1. The standard InChI is InChI=1S/C24H19N3O4S/c28-21(16-32-24-27-26-22(31-24)15-30-18-11-5-2-6-12-18)25-20-14-8-7-13-19(20)23(29)17-9-3-1-4-10-17/h1-14H,15-16H2,(H,25,28). The fraction of sp³-hybridized carbons (Fsp3) is 0.0833. The molecular weight excluding hydrogens is 426 g/mol. The Morgan fingerprint density at radius 3 is 2.34 bits per heavy atom. The Hall–Kier alpha value is -3.91. The van der Waals surface area contributed by atoms with Crippen molar-refractivity contribution in [3.8, 4) is 5.75 Å². The van der Waals surface area contributed by atoms with E-state index in [4.69, 9.17) is 9.15 Å². The Labute approximate surface area is 188 Å². The first kappa shape index (κ1) is 21.3. The fourth-order valence-corrected chi connectivity index (χ4v) is 3.45. The summed E-state index contributed by atoms with van der Waals surface area (Å²) in [4.78, 5) is 25.2. The van der Waals surface area contributed by atoms with Crippen molar-refractivity contribution < 1.29 is 18.7 Å². The number of amides is 1. The molecule has 7 nitrogen and oxygen atoms in total. The highest BCUT2D eigenvalue weighted by molar-refractivity contribution is 7.99. The topological polar surface area (TPSA) is 94.3 Å². The van der Waals surface area contributed by atoms with Crippen molar-refractivity contribution in [3.05, 3.63) is 102 Å². The lowest BCUT2D eigenvalue weighted by molar-refractivity contribution is -0.113. The van der Waals surface area contributed by atoms with Gasteiger partial charge in [-0.15, -0.1) is 10.2 Å². The molecule has 0 atom stereocenters. The largest absolute Gasteiger partial charge is 0.484 e. The number of hydrogen-bond acceptors (Lipinski definition) is 7. The highest BCUT2D eigenvalue weighted by Gasteiger charge is 2.16. The number of aromatic nitrogens is 2. The first-order valence-electron chi connectivity index (χ1n) is 9.81. The van der Waals surface area contributed by atoms with E-state index >= 15 is 0 Å². The van der Waals surface area contributed by atoms with Crippen LogP contribution in [0.3, 0.4) is 0 Å². The van der Waals surface area contributed by atoms with Gasteiger partial charge < -0.3 is 14.5 Å². The average molecular weight is 446 g/mol. The number of rotatable bonds is 9. The van der Waals surface area contributed by atoms with Crippen LogP contribution < -0.4 is 10.1 Å². The molecule has 4 rings (SSSR count). The highest BCUT2D eigenvalue weighted by atomic mass is 32.2. The Balaban J connectivity index is 1.32. The van der Waals surface area contributed by atoms with Crippen molar-refractivity contribution in [2.45, 2.75) is 11.8 Å². The normalized spacial score (nSPS) is 10.5. The van der Waals surface area contributed by atoms with Crippen LogP contribution >= 0.6 is 11.8 Å². The van der Waals surface area contributed by atoms with Crippen LogP contribution in [0.4, 0.5) is 5.69 Å². The van der Waals surface area contributed by atoms with Gasteiger partial charge in [0.15, 0.2) is 12.4 Å². The predicted molar refractivity (Wildman–Crippen MR) is 121 cm³/mol. The zero-order valence-corrected chi connectivity index (χ0v) is 17.7. The van der Waals surface area contributed by atoms with Crippen LogP contribution in [-0.2, 0) is 11.4 Å². The number of benzene rings is 3. The number of ketones is 1. The summed E-state index contributed by atoms with van der Waals surface area (Å²) >= 11 is 1.11. The molecule has 0 unspecified atom stereocenters. The quantitative estimate of drug-likeness (QED) is 0.297. The lowest BCUT2D eigenvalue weighted by atomic mass is 10.0. The summed E-state index contributed by atoms with van der Waals surface area (Å²) in [5.74, 6) is 0.617. The molecule has 0 spiro atoms. The molecule has 160 valence electrons. The summed E-state index contributed by atoms with van der Waals surface area (Å²) in [7, 11) is 0. The first-order valence-corrected chi connectivity index (χ1v) is 10.8. The van der Waals surface area contributed by atoms with Crippen LogP contribution in [0.25, 0.3) is 0 Å². The predicted octanol–water partition coefficient (Wildman–Crippen LogP) is 4.61. The minimum absolute atomic E-state index is 0.0506. The van der Waals surface area contributed by atoms with Crippen LogP contribution in [0.1, 0.15) is 21.8 Å². The minimum Gasteiger partial charge on any atom is -0.484 e. The number of anilines is 1. The lowest BCUT2D eigenvalue weighted by Crippen LogP contribution is -2.17. The second kappa shape index (κ2) is 10.4. The van der Waals surface area contributed by atoms with Crippen molar-refractivity contribution in [2.75, 3.05) is 11.1 Å². The zero-order valence-electron chi connectivity index (χ0n) is 16.9. The van der Waals surface area contributed by atoms with Crippen LogP contribution in [0, 0.1) is 0 Å². The number of nitrogens with one attached hydrogen (secondary N) is 1. The molecule has 0 aliphatic rings. The van der Waals surface area contributed by atoms with Crippen LogP contribution in [0.5, 0.6) is 5.75 Å². The maximum Gasteiger partial charge on any atom is 0.277 e. The van der Waals surface area contributed by atoms with E-state index in [-0.39, 0.29) is 29.3 Å². The summed E-state index contributed by atoms with van der Waals surface area (Å²) in [5.41, 5.74) is 1.43. The fourth-order valence-electron chi connectivity index (χ4n) is 2.87. The van der Waals surface area contributed by atoms with E-state index in [1.165, 1.54) is 0 Å². The number of para-hydroxylation sites is 2. The zero-order chi connectivity index (χ0) is 22.2. The van der Waals surface area contributed by atoms with Crippen molar-refractivity contribution in [2.24, 2.45) is 0 Å². The van der Waals surface area contributed by atoms with Crippen LogP contribution in [0.2, 0.25) is 0 Å². The van der Waals surface area contributed by atoms with E-state index < -0.39 is 0 Å². The number of thioether (sulfide) groups is 1. The molecule has 0 saturated carbocycles. The van der Waals surface area contributed by atoms with Gasteiger partial charge >= 0.3 is 0 Å². The number of nitrogens with zero attached hydrogens (tertiary/aromatic N) is 2. The van der Waals surface area contributed by atoms with E-state index in [0.29, 0.717) is 28.5 Å². The maximum atomic E-state index is 12.8. The Bertz CT molecular complexity index is 1200. The van der Waals surface area contributed by atoms with Crippen LogP contribution in [0.15, 0.2) is 94.6 Å². The van der Waals surface area contributed by atoms with E-state index in [2.05, 4.69) is 15.5 Å². The van der Waals surface area contributed by atoms with Gasteiger partial charge in [0.05, 0.1) is 11.4 Å². The summed E-state index contributed by atoms with van der Waals surface area (Å²) in [6.07, 6.45) is 0. The maximum absolute atomic E-state index is 12.8. The highest BCUT2D eigenvalue weighted by Crippen LogP contribution is 2.21. The molecule has 3 aromatic carbocycles. The molecule has 1 aromatic heterocycles. The Morgan fingerprint density at radius 1 is 0.875 bits per heavy atom. The molecule has 0 radical (unpaired) electrons. The third kappa shape index (κ3) is 5.61. The molecule has 0 aliphatic carbocycles. The average Bonchev–Trinajstić information content (AvgIpc) is 3.30. The second-order valence-electron chi connectivity index (χ2n) is 6.64. The molecule has 1 heterocycles. The van der Waals surface area contributed by atoms with E-state index in [0.717, 1.165) is 11.8 Å². The van der Waals surface area contributed by atoms with Gasteiger partial charge in [0.2, 0.25) is 5.91 Å². The SMILES string of the molecule is O=C(CSc1nnc(COc2ccccc2)o1)Nc1ccccc1C(=O)c1ccccc1. The molecular formula is C24H19N3O4S. The number of ether oxygens (including phenoxy) is 1. The lowest BCUT2D eigenvalue weighted by Gasteiger charge is -2.10. The van der Waals surface area contributed by atoms with E-state index in [9.17, 15) is 9.59 Å². The molecule has 4 aromatic rings. The van der Waals surface area contributed by atoms with Gasteiger partial charge in [-0.2, -0.15) is 0 Å². The molecule has 1 N–H and O–H groups in total. The van der Waals surface area contributed by atoms with Gasteiger partial charge in [0, 0.05) is 11.1 Å². The molecule has 8 heteroatoms. The van der Waals surface area contributed by atoms with E-state index in [1.807, 2.05) is 36.4 Å². The molecule has 1 amide bonds. The van der Waals surface area contributed by atoms with Gasteiger partial charge in [-0.05, 0) is 24.3 Å². The van der Waals surface area contributed by atoms with E-state index in [1.54, 1.807) is 48.5 Å². The van der Waals surface area contributed by atoms with Gasteiger partial charge in [-0.1, -0.05) is 72.4 Å². The minimum atomic E-state index is -0.288. The second-order valence-corrected chi connectivity index (χ2v) is 7.57. The third-order valence-corrected chi connectivity index (χ3v) is 5.18. The van der Waals surface area contributed by atoms with Crippen molar-refractivity contribution in [1.29, 1.82) is 0 Å². The summed E-state index contributed by atoms with van der Waals surface area (Å²) < 4.78 is 11.1. The van der Waals surface area contributed by atoms with Gasteiger partial charge in [-0.3, -0.25) is 9.59 Å².